The summed E-state index contributed by atoms with van der Waals surface area (Å²) in [6.07, 6.45) is 8.83. The quantitative estimate of drug-likeness (QED) is 0.691. The van der Waals surface area contributed by atoms with Gasteiger partial charge in [0.1, 0.15) is 0 Å². The van der Waals surface area contributed by atoms with Crippen molar-refractivity contribution in [2.45, 2.75) is 64.0 Å². The highest BCUT2D eigenvalue weighted by Crippen LogP contribution is 2.43. The summed E-state index contributed by atoms with van der Waals surface area (Å²) in [5.74, 6) is 0.399. The van der Waals surface area contributed by atoms with E-state index in [1.807, 2.05) is 0 Å². The number of nitrogens with zero attached hydrogens (tertiary/aromatic N) is 1. The second kappa shape index (κ2) is 7.66. The van der Waals surface area contributed by atoms with E-state index in [0.717, 1.165) is 17.0 Å². The van der Waals surface area contributed by atoms with Gasteiger partial charge >= 0.3 is 0 Å². The molecule has 3 heteroatoms. The molecule has 2 N–H and O–H groups in total. The molecule has 0 bridgehead atoms. The average Bonchev–Trinajstić information content (AvgIpc) is 2.64. The van der Waals surface area contributed by atoms with Crippen LogP contribution in [-0.4, -0.2) is 5.25 Å². The van der Waals surface area contributed by atoms with Crippen LogP contribution in [0.15, 0.2) is 10.6 Å². The third-order valence-electron chi connectivity index (χ3n) is 3.52. The van der Waals surface area contributed by atoms with Crippen LogP contribution < -0.4 is 5.73 Å². The molecule has 2 atom stereocenters. The van der Waals surface area contributed by atoms with Crippen molar-refractivity contribution < 1.29 is 0 Å². The lowest BCUT2D eigenvalue weighted by atomic mass is 9.91. The number of unbranched alkanes of at least 4 members (excludes halogenated alkanes) is 4. The summed E-state index contributed by atoms with van der Waals surface area (Å²) in [6, 6.07) is 2.29. The van der Waals surface area contributed by atoms with Gasteiger partial charge in [-0.15, -0.1) is 11.8 Å². The molecule has 0 fully saturated rings. The van der Waals surface area contributed by atoms with E-state index in [1.54, 1.807) is 11.8 Å². The normalized spacial score (nSPS) is 24.1. The van der Waals surface area contributed by atoms with E-state index in [2.05, 4.69) is 19.9 Å². The Morgan fingerprint density at radius 2 is 1.94 bits per heavy atom. The van der Waals surface area contributed by atoms with Gasteiger partial charge in [-0.3, -0.25) is 0 Å². The minimum atomic E-state index is 0.399. The maximum Gasteiger partial charge on any atom is 0.0977 e. The van der Waals surface area contributed by atoms with E-state index in [4.69, 9.17) is 11.0 Å². The van der Waals surface area contributed by atoms with Crippen LogP contribution in [0.5, 0.6) is 0 Å². The molecule has 1 aliphatic heterocycles. The molecule has 96 valence electrons. The molecular formula is C14H24N2S. The summed E-state index contributed by atoms with van der Waals surface area (Å²) in [4.78, 5) is 0. The molecular weight excluding hydrogens is 228 g/mol. The first-order valence-electron chi connectivity index (χ1n) is 6.80. The van der Waals surface area contributed by atoms with Crippen molar-refractivity contribution in [2.75, 3.05) is 0 Å². The fraction of sp³-hybridized carbons (Fsp3) is 0.786. The lowest BCUT2D eigenvalue weighted by Crippen LogP contribution is -2.13. The minimum absolute atomic E-state index is 0.399. The lowest BCUT2D eigenvalue weighted by molar-refractivity contribution is 0.518. The monoisotopic (exact) mass is 252 g/mol. The molecule has 0 aromatic carbocycles. The SMILES string of the molecule is CCCCCCCC1SC(N)=C(C#N)C1CC. The highest BCUT2D eigenvalue weighted by atomic mass is 32.2. The first-order chi connectivity index (χ1) is 8.24. The van der Waals surface area contributed by atoms with Crippen molar-refractivity contribution >= 4 is 11.8 Å². The van der Waals surface area contributed by atoms with Crippen LogP contribution >= 0.6 is 11.8 Å². The standard InChI is InChI=1S/C14H24N2S/c1-3-5-6-7-8-9-13-11(4-2)12(10-15)14(16)17-13/h11,13H,3-9,16H2,1-2H3. The zero-order valence-corrected chi connectivity index (χ0v) is 11.9. The summed E-state index contributed by atoms with van der Waals surface area (Å²) in [7, 11) is 0. The van der Waals surface area contributed by atoms with E-state index in [9.17, 15) is 0 Å². The van der Waals surface area contributed by atoms with Crippen LogP contribution in [0.25, 0.3) is 0 Å². The van der Waals surface area contributed by atoms with Crippen LogP contribution in [0, 0.1) is 17.2 Å². The van der Waals surface area contributed by atoms with E-state index < -0.39 is 0 Å². The molecule has 0 amide bonds. The Morgan fingerprint density at radius 3 is 2.53 bits per heavy atom. The lowest BCUT2D eigenvalue weighted by Gasteiger charge is -2.17. The van der Waals surface area contributed by atoms with Crippen molar-refractivity contribution in [3.63, 3.8) is 0 Å². The predicted octanol–water partition coefficient (Wildman–Crippen LogP) is 4.18. The third-order valence-corrected chi connectivity index (χ3v) is 4.86. The molecule has 2 unspecified atom stereocenters. The van der Waals surface area contributed by atoms with Crippen molar-refractivity contribution in [3.05, 3.63) is 10.6 Å². The summed E-state index contributed by atoms with van der Waals surface area (Å²) >= 11 is 1.73. The third kappa shape index (κ3) is 3.96. The van der Waals surface area contributed by atoms with Gasteiger partial charge in [0.25, 0.3) is 0 Å². The van der Waals surface area contributed by atoms with E-state index >= 15 is 0 Å². The highest BCUT2D eigenvalue weighted by Gasteiger charge is 2.32. The first-order valence-corrected chi connectivity index (χ1v) is 7.68. The van der Waals surface area contributed by atoms with E-state index in [-0.39, 0.29) is 0 Å². The van der Waals surface area contributed by atoms with Crippen LogP contribution in [0.1, 0.15) is 58.8 Å². The van der Waals surface area contributed by atoms with Gasteiger partial charge < -0.3 is 5.73 Å². The fourth-order valence-electron chi connectivity index (χ4n) is 2.49. The Kier molecular flexibility index (Phi) is 6.50. The maximum atomic E-state index is 9.10. The van der Waals surface area contributed by atoms with Crippen LogP contribution in [-0.2, 0) is 0 Å². The number of hydrogen-bond donors (Lipinski definition) is 1. The van der Waals surface area contributed by atoms with E-state index in [0.29, 0.717) is 11.2 Å². The van der Waals surface area contributed by atoms with Gasteiger partial charge in [0, 0.05) is 11.2 Å². The van der Waals surface area contributed by atoms with Crippen molar-refractivity contribution in [1.29, 1.82) is 5.26 Å². The second-order valence-electron chi connectivity index (χ2n) is 4.76. The van der Waals surface area contributed by atoms with Gasteiger partial charge in [-0.05, 0) is 12.8 Å². The smallest absolute Gasteiger partial charge is 0.0977 e. The van der Waals surface area contributed by atoms with Gasteiger partial charge in [-0.2, -0.15) is 5.26 Å². The number of allylic oxidation sites excluding steroid dienone is 1. The Labute approximate surface area is 110 Å². The molecule has 0 aromatic rings. The second-order valence-corrected chi connectivity index (χ2v) is 6.04. The number of hydrogen-bond acceptors (Lipinski definition) is 3. The summed E-state index contributed by atoms with van der Waals surface area (Å²) in [5, 5.41) is 10.4. The molecule has 0 aromatic heterocycles. The van der Waals surface area contributed by atoms with Gasteiger partial charge in [-0.25, -0.2) is 0 Å². The van der Waals surface area contributed by atoms with Gasteiger partial charge in [0.05, 0.1) is 16.7 Å². The molecule has 0 saturated carbocycles. The Morgan fingerprint density at radius 1 is 1.24 bits per heavy atom. The average molecular weight is 252 g/mol. The zero-order valence-electron chi connectivity index (χ0n) is 11.0. The van der Waals surface area contributed by atoms with Crippen molar-refractivity contribution in [3.8, 4) is 6.07 Å². The minimum Gasteiger partial charge on any atom is -0.393 e. The molecule has 17 heavy (non-hydrogen) atoms. The number of thioether (sulfide) groups is 1. The molecule has 0 spiro atoms. The van der Waals surface area contributed by atoms with Crippen molar-refractivity contribution in [1.82, 2.24) is 0 Å². The zero-order chi connectivity index (χ0) is 12.7. The molecule has 0 saturated heterocycles. The summed E-state index contributed by atoms with van der Waals surface area (Å²) < 4.78 is 0. The Balaban J connectivity index is 2.34. The summed E-state index contributed by atoms with van der Waals surface area (Å²) in [5.41, 5.74) is 6.76. The summed E-state index contributed by atoms with van der Waals surface area (Å²) in [6.45, 7) is 4.40. The van der Waals surface area contributed by atoms with Gasteiger partial charge in [0.2, 0.25) is 0 Å². The first kappa shape index (κ1) is 14.4. The molecule has 2 nitrogen and oxygen atoms in total. The maximum absolute atomic E-state index is 9.10. The number of rotatable bonds is 7. The number of nitrogens with two attached hydrogens (primary N) is 1. The van der Waals surface area contributed by atoms with E-state index in [1.165, 1.54) is 38.5 Å². The number of nitriles is 1. The largest absolute Gasteiger partial charge is 0.393 e. The van der Waals surface area contributed by atoms with Crippen LogP contribution in [0.3, 0.4) is 0 Å². The van der Waals surface area contributed by atoms with Crippen molar-refractivity contribution in [2.24, 2.45) is 11.7 Å². The van der Waals surface area contributed by atoms with Crippen LogP contribution in [0.4, 0.5) is 0 Å². The van der Waals surface area contributed by atoms with Crippen LogP contribution in [0.2, 0.25) is 0 Å². The predicted molar refractivity (Wildman–Crippen MR) is 75.4 cm³/mol. The molecule has 1 heterocycles. The molecule has 0 radical (unpaired) electrons. The topological polar surface area (TPSA) is 49.8 Å². The van der Waals surface area contributed by atoms with Gasteiger partial charge in [-0.1, -0.05) is 46.0 Å². The van der Waals surface area contributed by atoms with Gasteiger partial charge in [0.15, 0.2) is 0 Å². The molecule has 1 aliphatic rings. The fourth-order valence-corrected chi connectivity index (χ4v) is 3.92. The Bertz CT molecular complexity index is 304. The Hall–Kier alpha value is -0.620. The molecule has 1 rings (SSSR count). The molecule has 0 aliphatic carbocycles. The highest BCUT2D eigenvalue weighted by molar-refractivity contribution is 8.03.